The van der Waals surface area contributed by atoms with Crippen molar-refractivity contribution in [1.29, 1.82) is 0 Å². The van der Waals surface area contributed by atoms with Gasteiger partial charge in [0.1, 0.15) is 24.4 Å². The van der Waals surface area contributed by atoms with Crippen molar-refractivity contribution in [3.05, 3.63) is 60.6 Å². The number of hydrogen-bond donors (Lipinski definition) is 2. The smallest absolute Gasteiger partial charge is 0.292 e. The molecule has 0 unspecified atom stereocenters. The number of benzene rings is 1. The normalized spacial score (nSPS) is 16.1. The van der Waals surface area contributed by atoms with Crippen LogP contribution in [0.5, 0.6) is 0 Å². The number of hydrogen-bond acceptors (Lipinski definition) is 7. The molecule has 1 aliphatic heterocycles. The van der Waals surface area contributed by atoms with Crippen LogP contribution in [-0.4, -0.2) is 61.5 Å². The first-order chi connectivity index (χ1) is 13.6. The van der Waals surface area contributed by atoms with Gasteiger partial charge in [-0.15, -0.1) is 0 Å². The van der Waals surface area contributed by atoms with Crippen LogP contribution in [0.2, 0.25) is 0 Å². The number of anilines is 2. The van der Waals surface area contributed by atoms with Gasteiger partial charge in [-0.05, 0) is 5.56 Å². The molecule has 10 heteroatoms. The van der Waals surface area contributed by atoms with Crippen molar-refractivity contribution in [2.45, 2.75) is 12.6 Å². The van der Waals surface area contributed by atoms with Crippen molar-refractivity contribution in [2.75, 3.05) is 23.8 Å². The Morgan fingerprint density at radius 1 is 1.25 bits per heavy atom. The number of likely N-dealkylation sites (N-methyl/N-ethyl adjacent to an activating group) is 1. The number of carbonyl (C=O) groups excluding carboxylic acids is 2. The third kappa shape index (κ3) is 3.27. The molecule has 0 aliphatic carbocycles. The number of H-pyrrole nitrogens is 1. The Hall–Kier alpha value is -3.82. The van der Waals surface area contributed by atoms with E-state index in [1.807, 2.05) is 30.3 Å². The number of fused-ring (bicyclic) bond motifs is 1. The molecule has 0 radical (unpaired) electrons. The third-order valence-corrected chi connectivity index (χ3v) is 4.58. The number of rotatable bonds is 4. The van der Waals surface area contributed by atoms with E-state index in [-0.39, 0.29) is 24.8 Å². The van der Waals surface area contributed by atoms with Crippen LogP contribution >= 0.6 is 0 Å². The molecule has 0 saturated carbocycles. The van der Waals surface area contributed by atoms with Crippen molar-refractivity contribution >= 4 is 23.3 Å². The number of carbonyl (C=O) groups is 2. The van der Waals surface area contributed by atoms with Crippen LogP contribution in [0.3, 0.4) is 0 Å². The van der Waals surface area contributed by atoms with Crippen LogP contribution in [0.1, 0.15) is 16.2 Å². The summed E-state index contributed by atoms with van der Waals surface area (Å²) >= 11 is 0. The molecule has 1 aromatic carbocycles. The van der Waals surface area contributed by atoms with E-state index in [4.69, 9.17) is 0 Å². The van der Waals surface area contributed by atoms with Crippen molar-refractivity contribution in [3.8, 4) is 0 Å². The van der Waals surface area contributed by atoms with Gasteiger partial charge >= 0.3 is 0 Å². The first-order valence-electron chi connectivity index (χ1n) is 8.67. The first-order valence-corrected chi connectivity index (χ1v) is 8.67. The van der Waals surface area contributed by atoms with E-state index in [9.17, 15) is 9.59 Å². The maximum atomic E-state index is 13.2. The Labute approximate surface area is 160 Å². The van der Waals surface area contributed by atoms with Gasteiger partial charge in [0, 0.05) is 20.1 Å². The molecule has 2 N–H and O–H groups in total. The summed E-state index contributed by atoms with van der Waals surface area (Å²) in [5.74, 6) is -0.0372. The summed E-state index contributed by atoms with van der Waals surface area (Å²) < 4.78 is 0. The van der Waals surface area contributed by atoms with E-state index in [1.165, 1.54) is 22.5 Å². The van der Waals surface area contributed by atoms with E-state index in [0.717, 1.165) is 5.56 Å². The lowest BCUT2D eigenvalue weighted by Crippen LogP contribution is -2.52. The monoisotopic (exact) mass is 378 g/mol. The lowest BCUT2D eigenvalue weighted by atomic mass is 10.1. The summed E-state index contributed by atoms with van der Waals surface area (Å²) in [7, 11) is 1.64. The molecule has 28 heavy (non-hydrogen) atoms. The molecule has 3 aromatic rings. The molecule has 0 spiro atoms. The Balaban J connectivity index is 1.69. The molecule has 0 fully saturated rings. The molecule has 2 amide bonds. The lowest BCUT2D eigenvalue weighted by molar-refractivity contribution is -0.122. The minimum absolute atomic E-state index is 0.0768. The van der Waals surface area contributed by atoms with Crippen molar-refractivity contribution in [3.63, 3.8) is 0 Å². The summed E-state index contributed by atoms with van der Waals surface area (Å²) in [4.78, 5) is 41.4. The zero-order valence-electron chi connectivity index (χ0n) is 15.1. The summed E-state index contributed by atoms with van der Waals surface area (Å²) in [5.41, 5.74) is 1.45. The number of nitrogens with zero attached hydrogens (tertiary/aromatic N) is 6. The second-order valence-electron chi connectivity index (χ2n) is 6.30. The van der Waals surface area contributed by atoms with Gasteiger partial charge < -0.3 is 15.1 Å². The zero-order chi connectivity index (χ0) is 19.5. The van der Waals surface area contributed by atoms with Gasteiger partial charge in [-0.1, -0.05) is 30.3 Å². The molecule has 0 bridgehead atoms. The zero-order valence-corrected chi connectivity index (χ0v) is 15.1. The van der Waals surface area contributed by atoms with E-state index in [2.05, 4.69) is 30.5 Å². The average Bonchev–Trinajstić information content (AvgIpc) is 3.24. The largest absolute Gasteiger partial charge is 0.366 e. The molecule has 1 atom stereocenters. The molecule has 10 nitrogen and oxygen atoms in total. The highest BCUT2D eigenvalue weighted by atomic mass is 16.2. The SMILES string of the molecule is CN1C(=O)[C@@H](N(Cc2ccccc2)C(=O)c2ncn[nH]2)CNc2ncncc21. The molecule has 3 heterocycles. The van der Waals surface area contributed by atoms with E-state index in [0.29, 0.717) is 11.5 Å². The second kappa shape index (κ2) is 7.43. The van der Waals surface area contributed by atoms with Gasteiger partial charge in [-0.2, -0.15) is 5.10 Å². The quantitative estimate of drug-likeness (QED) is 0.685. The Morgan fingerprint density at radius 3 is 2.82 bits per heavy atom. The van der Waals surface area contributed by atoms with Crippen LogP contribution in [0.25, 0.3) is 0 Å². The lowest BCUT2D eigenvalue weighted by Gasteiger charge is -2.31. The summed E-state index contributed by atoms with van der Waals surface area (Å²) in [5, 5.41) is 9.48. The predicted octanol–water partition coefficient (Wildman–Crippen LogP) is 0.694. The number of nitrogens with one attached hydrogen (secondary N) is 2. The minimum Gasteiger partial charge on any atom is -0.366 e. The summed E-state index contributed by atoms with van der Waals surface area (Å²) in [6.07, 6.45) is 4.24. The molecule has 142 valence electrons. The summed E-state index contributed by atoms with van der Waals surface area (Å²) in [6.45, 7) is 0.453. The highest BCUT2D eigenvalue weighted by molar-refractivity contribution is 6.03. The standard InChI is InChI=1S/C18H18N8O2/c1-25-13-7-19-10-21-15(13)20-8-14(17(25)27)26(9-12-5-3-2-4-6-12)18(28)16-22-11-23-24-16/h2-7,10-11,14H,8-9H2,1H3,(H,19,20,21)(H,22,23,24)/t14-/m0/s1. The van der Waals surface area contributed by atoms with E-state index in [1.54, 1.807) is 13.2 Å². The number of amides is 2. The fourth-order valence-corrected chi connectivity index (χ4v) is 3.12. The van der Waals surface area contributed by atoms with Crippen LogP contribution in [0.15, 0.2) is 49.2 Å². The van der Waals surface area contributed by atoms with Crippen LogP contribution in [0, 0.1) is 0 Å². The molecule has 4 rings (SSSR count). The molecular formula is C18H18N8O2. The number of aromatic amines is 1. The molecule has 0 saturated heterocycles. The first kappa shape index (κ1) is 17.6. The fraction of sp³-hybridized carbons (Fsp3) is 0.222. The van der Waals surface area contributed by atoms with Crippen molar-refractivity contribution < 1.29 is 9.59 Å². The van der Waals surface area contributed by atoms with Gasteiger partial charge in [0.25, 0.3) is 11.8 Å². The highest BCUT2D eigenvalue weighted by Crippen LogP contribution is 2.26. The van der Waals surface area contributed by atoms with Crippen LogP contribution in [0.4, 0.5) is 11.5 Å². The van der Waals surface area contributed by atoms with Gasteiger partial charge in [0.15, 0.2) is 5.82 Å². The van der Waals surface area contributed by atoms with Crippen molar-refractivity contribution in [1.82, 2.24) is 30.0 Å². The number of aromatic nitrogens is 5. The van der Waals surface area contributed by atoms with Gasteiger partial charge in [0.05, 0.1) is 6.20 Å². The highest BCUT2D eigenvalue weighted by Gasteiger charge is 2.36. The second-order valence-corrected chi connectivity index (χ2v) is 6.30. The molecule has 1 aliphatic rings. The van der Waals surface area contributed by atoms with Gasteiger partial charge in [0.2, 0.25) is 5.82 Å². The van der Waals surface area contributed by atoms with Gasteiger partial charge in [-0.25, -0.2) is 15.0 Å². The molecule has 2 aromatic heterocycles. The van der Waals surface area contributed by atoms with Crippen LogP contribution in [-0.2, 0) is 11.3 Å². The average molecular weight is 378 g/mol. The Bertz CT molecular complexity index is 976. The maximum absolute atomic E-state index is 13.2. The third-order valence-electron chi connectivity index (χ3n) is 4.58. The fourth-order valence-electron chi connectivity index (χ4n) is 3.12. The van der Waals surface area contributed by atoms with E-state index >= 15 is 0 Å². The minimum atomic E-state index is -0.767. The van der Waals surface area contributed by atoms with Crippen LogP contribution < -0.4 is 10.2 Å². The Kier molecular flexibility index (Phi) is 4.67. The predicted molar refractivity (Wildman–Crippen MR) is 100 cm³/mol. The maximum Gasteiger partial charge on any atom is 0.292 e. The molecular weight excluding hydrogens is 360 g/mol. The van der Waals surface area contributed by atoms with E-state index < -0.39 is 11.9 Å². The van der Waals surface area contributed by atoms with Crippen molar-refractivity contribution in [2.24, 2.45) is 0 Å². The summed E-state index contributed by atoms with van der Waals surface area (Å²) in [6, 6.07) is 8.71. The van der Waals surface area contributed by atoms with Gasteiger partial charge in [-0.3, -0.25) is 14.7 Å². The topological polar surface area (TPSA) is 120 Å². The Morgan fingerprint density at radius 2 is 2.07 bits per heavy atom.